The molecule has 0 radical (unpaired) electrons. The number of carboxylic acid groups (broad SMARTS) is 1. The minimum atomic E-state index is -1.13. The average Bonchev–Trinajstić information content (AvgIpc) is 2.66. The normalized spacial score (nSPS) is 10.5. The summed E-state index contributed by atoms with van der Waals surface area (Å²) >= 11 is 4.39. The molecule has 6 heteroatoms. The van der Waals surface area contributed by atoms with Crippen LogP contribution in [0.25, 0.3) is 10.1 Å². The third-order valence-electron chi connectivity index (χ3n) is 2.23. The Morgan fingerprint density at radius 3 is 2.71 bits per heavy atom. The summed E-state index contributed by atoms with van der Waals surface area (Å²) in [5, 5.41) is 9.71. The first-order chi connectivity index (χ1) is 8.04. The largest absolute Gasteiger partial charge is 0.478 e. The summed E-state index contributed by atoms with van der Waals surface area (Å²) in [7, 11) is 1.23. The summed E-state index contributed by atoms with van der Waals surface area (Å²) in [6, 6.07) is 5.25. The second kappa shape index (κ2) is 4.46. The number of ether oxygens (including phenoxy) is 1. The van der Waals surface area contributed by atoms with E-state index < -0.39 is 11.9 Å². The monoisotopic (exact) mass is 314 g/mol. The Morgan fingerprint density at radius 1 is 1.41 bits per heavy atom. The first-order valence-corrected chi connectivity index (χ1v) is 6.19. The van der Waals surface area contributed by atoms with Crippen LogP contribution >= 0.6 is 27.3 Å². The molecule has 2 rings (SSSR count). The molecule has 0 saturated heterocycles. The van der Waals surface area contributed by atoms with Gasteiger partial charge in [-0.15, -0.1) is 11.3 Å². The number of hydrogen-bond acceptors (Lipinski definition) is 4. The Hall–Kier alpha value is -1.40. The number of carbonyl (C=O) groups is 2. The van der Waals surface area contributed by atoms with Gasteiger partial charge in [-0.3, -0.25) is 0 Å². The lowest BCUT2D eigenvalue weighted by atomic mass is 10.1. The molecule has 4 nitrogen and oxygen atoms in total. The maximum absolute atomic E-state index is 11.5. The number of aromatic carboxylic acids is 1. The lowest BCUT2D eigenvalue weighted by Gasteiger charge is -1.97. The predicted molar refractivity (Wildman–Crippen MR) is 67.8 cm³/mol. The summed E-state index contributed by atoms with van der Waals surface area (Å²) < 4.78 is 6.09. The smallest absolute Gasteiger partial charge is 0.348 e. The van der Waals surface area contributed by atoms with E-state index >= 15 is 0 Å². The number of carboxylic acids is 1. The minimum Gasteiger partial charge on any atom is -0.478 e. The van der Waals surface area contributed by atoms with Crippen molar-refractivity contribution in [1.29, 1.82) is 0 Å². The zero-order valence-electron chi connectivity index (χ0n) is 8.69. The van der Waals surface area contributed by atoms with Crippen molar-refractivity contribution in [3.8, 4) is 0 Å². The van der Waals surface area contributed by atoms with Crippen molar-refractivity contribution in [1.82, 2.24) is 0 Å². The number of hydrogen-bond donors (Lipinski definition) is 1. The minimum absolute atomic E-state index is 0.00171. The van der Waals surface area contributed by atoms with Crippen LogP contribution in [0.1, 0.15) is 20.0 Å². The van der Waals surface area contributed by atoms with Gasteiger partial charge in [0, 0.05) is 14.6 Å². The SMILES string of the molecule is COC(=O)c1sc2ccc(Br)cc2c1C(=O)O. The van der Waals surface area contributed by atoms with Gasteiger partial charge in [-0.25, -0.2) is 9.59 Å². The molecule has 0 unspecified atom stereocenters. The Labute approximate surface area is 109 Å². The van der Waals surface area contributed by atoms with Crippen LogP contribution in [0.2, 0.25) is 0 Å². The first kappa shape index (κ1) is 12.1. The molecule has 0 aliphatic heterocycles. The summed E-state index contributed by atoms with van der Waals surface area (Å²) in [6.07, 6.45) is 0. The van der Waals surface area contributed by atoms with E-state index in [0.717, 1.165) is 20.5 Å². The molecule has 0 bridgehead atoms. The molecule has 0 aliphatic rings. The first-order valence-electron chi connectivity index (χ1n) is 4.58. The Balaban J connectivity index is 2.80. The standard InChI is InChI=1S/C11H7BrO4S/c1-16-11(15)9-8(10(13)14)6-4-5(12)2-3-7(6)17-9/h2-4H,1H3,(H,13,14). The van der Waals surface area contributed by atoms with E-state index in [1.54, 1.807) is 18.2 Å². The third-order valence-corrected chi connectivity index (χ3v) is 3.88. The zero-order chi connectivity index (χ0) is 12.6. The van der Waals surface area contributed by atoms with Gasteiger partial charge in [0.05, 0.1) is 12.7 Å². The zero-order valence-corrected chi connectivity index (χ0v) is 11.1. The van der Waals surface area contributed by atoms with Crippen LogP contribution in [0, 0.1) is 0 Å². The summed E-state index contributed by atoms with van der Waals surface area (Å²) in [6.45, 7) is 0. The van der Waals surface area contributed by atoms with Gasteiger partial charge in [-0.1, -0.05) is 15.9 Å². The molecule has 1 aromatic carbocycles. The summed E-state index contributed by atoms with van der Waals surface area (Å²) in [5.74, 6) is -1.76. The van der Waals surface area contributed by atoms with Crippen molar-refractivity contribution in [2.45, 2.75) is 0 Å². The summed E-state index contributed by atoms with van der Waals surface area (Å²) in [5.41, 5.74) is -0.00171. The quantitative estimate of drug-likeness (QED) is 0.865. The molecule has 17 heavy (non-hydrogen) atoms. The van der Waals surface area contributed by atoms with Crippen LogP contribution in [-0.2, 0) is 4.74 Å². The van der Waals surface area contributed by atoms with Gasteiger partial charge in [0.15, 0.2) is 0 Å². The molecule has 0 spiro atoms. The fourth-order valence-corrected chi connectivity index (χ4v) is 2.97. The molecule has 0 fully saturated rings. The molecule has 0 aliphatic carbocycles. The van der Waals surface area contributed by atoms with Crippen molar-refractivity contribution in [2.75, 3.05) is 7.11 Å². The Kier molecular flexibility index (Phi) is 3.17. The number of methoxy groups -OCH3 is 1. The van der Waals surface area contributed by atoms with E-state index in [-0.39, 0.29) is 10.4 Å². The van der Waals surface area contributed by atoms with Gasteiger partial charge >= 0.3 is 11.9 Å². The second-order valence-corrected chi connectivity index (χ2v) is 5.21. The number of carbonyl (C=O) groups excluding carboxylic acids is 1. The average molecular weight is 315 g/mol. The molecular formula is C11H7BrO4S. The number of esters is 1. The Bertz CT molecular complexity index is 617. The molecule has 88 valence electrons. The van der Waals surface area contributed by atoms with Crippen LogP contribution in [0.15, 0.2) is 22.7 Å². The Morgan fingerprint density at radius 2 is 2.12 bits per heavy atom. The van der Waals surface area contributed by atoms with Crippen molar-refractivity contribution in [2.24, 2.45) is 0 Å². The topological polar surface area (TPSA) is 63.6 Å². The molecule has 1 aromatic heterocycles. The lowest BCUT2D eigenvalue weighted by molar-refractivity contribution is 0.0589. The molecular weight excluding hydrogens is 308 g/mol. The van der Waals surface area contributed by atoms with Crippen LogP contribution in [0.3, 0.4) is 0 Å². The van der Waals surface area contributed by atoms with Gasteiger partial charge in [-0.2, -0.15) is 0 Å². The van der Waals surface area contributed by atoms with E-state index in [2.05, 4.69) is 20.7 Å². The van der Waals surface area contributed by atoms with Crippen LogP contribution in [-0.4, -0.2) is 24.2 Å². The van der Waals surface area contributed by atoms with Crippen LogP contribution < -0.4 is 0 Å². The fraction of sp³-hybridized carbons (Fsp3) is 0.0909. The van der Waals surface area contributed by atoms with Crippen molar-refractivity contribution in [3.63, 3.8) is 0 Å². The van der Waals surface area contributed by atoms with Crippen molar-refractivity contribution >= 4 is 49.3 Å². The van der Waals surface area contributed by atoms with Gasteiger partial charge < -0.3 is 9.84 Å². The van der Waals surface area contributed by atoms with Crippen LogP contribution in [0.4, 0.5) is 0 Å². The molecule has 1 heterocycles. The van der Waals surface area contributed by atoms with E-state index in [0.29, 0.717) is 5.39 Å². The summed E-state index contributed by atoms with van der Waals surface area (Å²) in [4.78, 5) is 22.8. The van der Waals surface area contributed by atoms with Gasteiger partial charge in [0.25, 0.3) is 0 Å². The number of benzene rings is 1. The van der Waals surface area contributed by atoms with Gasteiger partial charge in [-0.05, 0) is 18.2 Å². The maximum Gasteiger partial charge on any atom is 0.348 e. The highest BCUT2D eigenvalue weighted by atomic mass is 79.9. The van der Waals surface area contributed by atoms with E-state index in [9.17, 15) is 14.7 Å². The highest BCUT2D eigenvalue weighted by Gasteiger charge is 2.23. The molecule has 1 N–H and O–H groups in total. The number of rotatable bonds is 2. The highest BCUT2D eigenvalue weighted by Crippen LogP contribution is 2.33. The maximum atomic E-state index is 11.5. The lowest BCUT2D eigenvalue weighted by Crippen LogP contribution is -2.06. The number of halogens is 1. The number of thiophene rings is 1. The van der Waals surface area contributed by atoms with Gasteiger partial charge in [0.2, 0.25) is 0 Å². The van der Waals surface area contributed by atoms with Crippen molar-refractivity contribution in [3.05, 3.63) is 33.1 Å². The fourth-order valence-electron chi connectivity index (χ4n) is 1.52. The van der Waals surface area contributed by atoms with Crippen molar-refractivity contribution < 1.29 is 19.4 Å². The highest BCUT2D eigenvalue weighted by molar-refractivity contribution is 9.10. The molecule has 0 saturated carbocycles. The van der Waals surface area contributed by atoms with Gasteiger partial charge in [0.1, 0.15) is 4.88 Å². The van der Waals surface area contributed by atoms with E-state index in [4.69, 9.17) is 0 Å². The molecule has 0 atom stereocenters. The van der Waals surface area contributed by atoms with E-state index in [1.807, 2.05) is 0 Å². The molecule has 2 aromatic rings. The predicted octanol–water partition coefficient (Wildman–Crippen LogP) is 3.15. The number of fused-ring (bicyclic) bond motifs is 1. The van der Waals surface area contributed by atoms with E-state index in [1.165, 1.54) is 7.11 Å². The van der Waals surface area contributed by atoms with Crippen LogP contribution in [0.5, 0.6) is 0 Å². The second-order valence-electron chi connectivity index (χ2n) is 3.24. The third kappa shape index (κ3) is 2.05. The molecule has 0 amide bonds.